The second-order valence-electron chi connectivity index (χ2n) is 11.3. The summed E-state index contributed by atoms with van der Waals surface area (Å²) in [6.07, 6.45) is 16.5. The van der Waals surface area contributed by atoms with Gasteiger partial charge in [-0.3, -0.25) is 9.78 Å². The molecule has 1 aromatic rings. The van der Waals surface area contributed by atoms with Crippen molar-refractivity contribution < 1.29 is 9.53 Å². The molecule has 7 atom stereocenters. The van der Waals surface area contributed by atoms with Crippen LogP contribution in [0.5, 0.6) is 5.75 Å². The molecule has 1 aromatic heterocycles. The number of hydrogen-bond acceptors (Lipinski definition) is 3. The van der Waals surface area contributed by atoms with E-state index in [1.54, 1.807) is 20.2 Å². The standard InChI is InChI=1S/C27H38N2O2/c1-17(30)29-20-9-11-26(2)19(14-20)5-6-22-24-8-7-23(27(24,3)12-10-25(22)26)18-13-21(31-4)16-28-15-18/h7,13,15-16,19-20,22,24-25H,5-6,8-12,14H2,1-4H3,(H,29,30)/t19?,20-,22+,24+,25+,26+,27-/m1/s1. The van der Waals surface area contributed by atoms with Crippen LogP contribution in [0, 0.1) is 34.5 Å². The van der Waals surface area contributed by atoms with Crippen molar-refractivity contribution in [1.82, 2.24) is 10.3 Å². The lowest BCUT2D eigenvalue weighted by Gasteiger charge is -2.61. The Bertz CT molecular complexity index is 895. The monoisotopic (exact) mass is 422 g/mol. The van der Waals surface area contributed by atoms with Crippen molar-refractivity contribution in [3.63, 3.8) is 0 Å². The van der Waals surface area contributed by atoms with Gasteiger partial charge in [0.1, 0.15) is 5.75 Å². The predicted octanol–water partition coefficient (Wildman–Crippen LogP) is 5.63. The quantitative estimate of drug-likeness (QED) is 0.687. The van der Waals surface area contributed by atoms with E-state index < -0.39 is 0 Å². The highest BCUT2D eigenvalue weighted by atomic mass is 16.5. The van der Waals surface area contributed by atoms with E-state index >= 15 is 0 Å². The van der Waals surface area contributed by atoms with Crippen LogP contribution in [0.2, 0.25) is 0 Å². The third-order valence-electron chi connectivity index (χ3n) is 9.91. The molecule has 0 spiro atoms. The first-order valence-electron chi connectivity index (χ1n) is 12.3. The maximum atomic E-state index is 11.6. The van der Waals surface area contributed by atoms with Crippen LogP contribution in [-0.4, -0.2) is 24.0 Å². The smallest absolute Gasteiger partial charge is 0.217 e. The third kappa shape index (κ3) is 3.32. The van der Waals surface area contributed by atoms with E-state index in [0.717, 1.165) is 35.8 Å². The van der Waals surface area contributed by atoms with Gasteiger partial charge in [-0.2, -0.15) is 0 Å². The second-order valence-corrected chi connectivity index (χ2v) is 11.3. The number of aromatic nitrogens is 1. The lowest BCUT2D eigenvalue weighted by atomic mass is 9.44. The van der Waals surface area contributed by atoms with E-state index in [1.165, 1.54) is 56.1 Å². The van der Waals surface area contributed by atoms with Gasteiger partial charge in [0.15, 0.2) is 0 Å². The maximum Gasteiger partial charge on any atom is 0.217 e. The summed E-state index contributed by atoms with van der Waals surface area (Å²) in [5.74, 6) is 4.15. The molecule has 1 unspecified atom stereocenters. The number of nitrogens with one attached hydrogen (secondary N) is 1. The van der Waals surface area contributed by atoms with Crippen LogP contribution in [0.15, 0.2) is 24.5 Å². The molecule has 4 aliphatic rings. The Labute approximate surface area is 187 Å². The topological polar surface area (TPSA) is 51.2 Å². The number of amides is 1. The van der Waals surface area contributed by atoms with Crippen molar-refractivity contribution in [2.24, 2.45) is 34.5 Å². The number of allylic oxidation sites excluding steroid dienone is 2. The van der Waals surface area contributed by atoms with Gasteiger partial charge >= 0.3 is 0 Å². The molecular weight excluding hydrogens is 384 g/mol. The fourth-order valence-electron chi connectivity index (χ4n) is 8.37. The Balaban J connectivity index is 1.37. The zero-order valence-electron chi connectivity index (χ0n) is 19.6. The molecule has 4 aliphatic carbocycles. The van der Waals surface area contributed by atoms with E-state index in [9.17, 15) is 4.79 Å². The number of rotatable bonds is 3. The van der Waals surface area contributed by atoms with Gasteiger partial charge in [-0.1, -0.05) is 19.9 Å². The highest BCUT2D eigenvalue weighted by Crippen LogP contribution is 2.67. The van der Waals surface area contributed by atoms with Gasteiger partial charge in [0, 0.05) is 19.2 Å². The molecule has 3 fully saturated rings. The van der Waals surface area contributed by atoms with Crippen LogP contribution < -0.4 is 10.1 Å². The largest absolute Gasteiger partial charge is 0.495 e. The van der Waals surface area contributed by atoms with Crippen LogP contribution in [-0.2, 0) is 4.79 Å². The zero-order valence-corrected chi connectivity index (χ0v) is 19.6. The lowest BCUT2D eigenvalue weighted by molar-refractivity contribution is -0.123. The van der Waals surface area contributed by atoms with E-state index in [2.05, 4.69) is 36.3 Å². The highest BCUT2D eigenvalue weighted by Gasteiger charge is 2.58. The molecule has 4 nitrogen and oxygen atoms in total. The van der Waals surface area contributed by atoms with Gasteiger partial charge in [0.05, 0.1) is 13.3 Å². The van der Waals surface area contributed by atoms with E-state index in [-0.39, 0.29) is 11.3 Å². The number of pyridine rings is 1. The summed E-state index contributed by atoms with van der Waals surface area (Å²) in [6, 6.07) is 2.56. The van der Waals surface area contributed by atoms with Crippen molar-refractivity contribution in [3.05, 3.63) is 30.1 Å². The summed E-state index contributed by atoms with van der Waals surface area (Å²) in [5.41, 5.74) is 3.45. The predicted molar refractivity (Wildman–Crippen MR) is 123 cm³/mol. The number of methoxy groups -OCH3 is 1. The summed E-state index contributed by atoms with van der Waals surface area (Å²) in [5, 5.41) is 3.22. The second kappa shape index (κ2) is 7.64. The molecule has 31 heavy (non-hydrogen) atoms. The maximum absolute atomic E-state index is 11.6. The normalized spacial score (nSPS) is 41.4. The molecule has 3 saturated carbocycles. The highest BCUT2D eigenvalue weighted by molar-refractivity contribution is 5.73. The van der Waals surface area contributed by atoms with Gasteiger partial charge in [0.2, 0.25) is 5.91 Å². The number of ether oxygens (including phenoxy) is 1. The van der Waals surface area contributed by atoms with Gasteiger partial charge in [0.25, 0.3) is 0 Å². The molecule has 0 aromatic carbocycles. The molecule has 168 valence electrons. The average molecular weight is 423 g/mol. The van der Waals surface area contributed by atoms with Crippen LogP contribution >= 0.6 is 0 Å². The Morgan fingerprint density at radius 2 is 1.97 bits per heavy atom. The van der Waals surface area contributed by atoms with Crippen molar-refractivity contribution in [2.75, 3.05) is 7.11 Å². The molecule has 4 heteroatoms. The minimum atomic E-state index is 0.132. The Morgan fingerprint density at radius 1 is 1.13 bits per heavy atom. The molecule has 1 N–H and O–H groups in total. The first-order chi connectivity index (χ1) is 14.8. The van der Waals surface area contributed by atoms with E-state index in [0.29, 0.717) is 11.5 Å². The van der Waals surface area contributed by atoms with Crippen molar-refractivity contribution >= 4 is 11.5 Å². The van der Waals surface area contributed by atoms with Crippen LogP contribution in [0.1, 0.15) is 77.7 Å². The van der Waals surface area contributed by atoms with Crippen LogP contribution in [0.4, 0.5) is 0 Å². The number of hydrogen-bond donors (Lipinski definition) is 1. The Hall–Kier alpha value is -1.84. The van der Waals surface area contributed by atoms with Crippen molar-refractivity contribution in [1.29, 1.82) is 0 Å². The molecular formula is C27H38N2O2. The summed E-state index contributed by atoms with van der Waals surface area (Å²) in [6.45, 7) is 6.78. The van der Waals surface area contributed by atoms with Gasteiger partial charge < -0.3 is 10.1 Å². The summed E-state index contributed by atoms with van der Waals surface area (Å²) >= 11 is 0. The van der Waals surface area contributed by atoms with E-state index in [1.807, 2.05) is 6.20 Å². The first-order valence-corrected chi connectivity index (χ1v) is 12.3. The van der Waals surface area contributed by atoms with Gasteiger partial charge in [-0.15, -0.1) is 0 Å². The SMILES string of the molecule is COc1cncc(C2=CC[C@H]3[C@@H]4CCC5C[C@H](NC(C)=O)CC[C@]5(C)[C@H]4CC[C@]23C)c1. The molecule has 0 saturated heterocycles. The van der Waals surface area contributed by atoms with Crippen LogP contribution in [0.25, 0.3) is 5.57 Å². The fourth-order valence-corrected chi connectivity index (χ4v) is 8.37. The van der Waals surface area contributed by atoms with Crippen molar-refractivity contribution in [2.45, 2.75) is 78.2 Å². The molecule has 1 heterocycles. The van der Waals surface area contributed by atoms with E-state index in [4.69, 9.17) is 4.74 Å². The molecule has 0 radical (unpaired) electrons. The Kier molecular flexibility index (Phi) is 5.18. The summed E-state index contributed by atoms with van der Waals surface area (Å²) in [7, 11) is 1.72. The molecule has 0 bridgehead atoms. The average Bonchev–Trinajstić information content (AvgIpc) is 3.11. The van der Waals surface area contributed by atoms with Crippen LogP contribution in [0.3, 0.4) is 0 Å². The minimum absolute atomic E-state index is 0.132. The van der Waals surface area contributed by atoms with Gasteiger partial charge in [-0.05, 0) is 103 Å². The fraction of sp³-hybridized carbons (Fsp3) is 0.704. The lowest BCUT2D eigenvalue weighted by Crippen LogP contribution is -2.55. The molecule has 1 amide bonds. The zero-order chi connectivity index (χ0) is 21.8. The Morgan fingerprint density at radius 3 is 2.74 bits per heavy atom. The summed E-state index contributed by atoms with van der Waals surface area (Å²) in [4.78, 5) is 16.0. The number of carbonyl (C=O) groups excluding carboxylic acids is 1. The van der Waals surface area contributed by atoms with Gasteiger partial charge in [-0.25, -0.2) is 0 Å². The number of fused-ring (bicyclic) bond motifs is 5. The summed E-state index contributed by atoms with van der Waals surface area (Å²) < 4.78 is 5.46. The number of nitrogens with zero attached hydrogens (tertiary/aromatic N) is 1. The first kappa shape index (κ1) is 21.0. The molecule has 5 rings (SSSR count). The minimum Gasteiger partial charge on any atom is -0.495 e. The number of carbonyl (C=O) groups is 1. The van der Waals surface area contributed by atoms with Crippen molar-refractivity contribution in [3.8, 4) is 5.75 Å². The third-order valence-corrected chi connectivity index (χ3v) is 9.91. The molecule has 0 aliphatic heterocycles.